The predicted octanol–water partition coefficient (Wildman–Crippen LogP) is 6.58. The fourth-order valence-corrected chi connectivity index (χ4v) is 5.79. The number of amides is 1. The Morgan fingerprint density at radius 1 is 1.03 bits per heavy atom. The number of anilines is 1. The van der Waals surface area contributed by atoms with Crippen molar-refractivity contribution in [3.05, 3.63) is 71.1 Å². The van der Waals surface area contributed by atoms with Crippen LogP contribution < -0.4 is 5.32 Å². The lowest BCUT2D eigenvalue weighted by molar-refractivity contribution is -0.117. The van der Waals surface area contributed by atoms with Crippen molar-refractivity contribution < 1.29 is 9.18 Å². The van der Waals surface area contributed by atoms with Crippen LogP contribution in [0.5, 0.6) is 0 Å². The number of nitrogens with zero attached hydrogens (tertiary/aromatic N) is 1. The van der Waals surface area contributed by atoms with Crippen LogP contribution in [0.3, 0.4) is 0 Å². The van der Waals surface area contributed by atoms with Crippen molar-refractivity contribution in [2.75, 3.05) is 5.32 Å². The summed E-state index contributed by atoms with van der Waals surface area (Å²) >= 11 is 5.90. The van der Waals surface area contributed by atoms with E-state index in [4.69, 9.17) is 11.6 Å². The molecule has 1 N–H and O–H groups in total. The molecule has 2 aliphatic carbocycles. The number of pyridine rings is 1. The van der Waals surface area contributed by atoms with Crippen LogP contribution in [0.2, 0.25) is 5.02 Å². The van der Waals surface area contributed by atoms with Crippen LogP contribution in [0, 0.1) is 23.6 Å². The Hall–Kier alpha value is -2.46. The minimum absolute atomic E-state index is 0.0782. The molecule has 4 atom stereocenters. The fourth-order valence-electron chi connectivity index (χ4n) is 5.67. The Balaban J connectivity index is 1.21. The number of nitrogens with one attached hydrogen (secondary N) is 1. The third kappa shape index (κ3) is 3.93. The number of carbonyl (C=O) groups is 1. The zero-order valence-corrected chi connectivity index (χ0v) is 17.4. The highest BCUT2D eigenvalue weighted by atomic mass is 35.5. The molecule has 2 aliphatic rings. The Morgan fingerprint density at radius 2 is 1.77 bits per heavy atom. The van der Waals surface area contributed by atoms with Crippen molar-refractivity contribution in [1.29, 1.82) is 0 Å². The second-order valence-corrected chi connectivity index (χ2v) is 9.28. The van der Waals surface area contributed by atoms with Crippen LogP contribution in [0.4, 0.5) is 10.1 Å². The molecule has 0 saturated heterocycles. The summed E-state index contributed by atoms with van der Waals surface area (Å²) in [5.74, 6) is 2.08. The van der Waals surface area contributed by atoms with Crippen molar-refractivity contribution in [2.24, 2.45) is 17.8 Å². The number of halogens is 2. The first-order chi connectivity index (χ1) is 14.5. The van der Waals surface area contributed by atoms with Gasteiger partial charge in [0.15, 0.2) is 0 Å². The molecule has 3 aromatic rings. The Bertz CT molecular complexity index is 1070. The molecule has 0 bridgehead atoms. The van der Waals surface area contributed by atoms with Crippen molar-refractivity contribution in [2.45, 2.75) is 38.0 Å². The van der Waals surface area contributed by atoms with Crippen LogP contribution in [0.25, 0.3) is 10.9 Å². The molecule has 30 heavy (non-hydrogen) atoms. The second-order valence-electron chi connectivity index (χ2n) is 8.85. The highest BCUT2D eigenvalue weighted by molar-refractivity contribution is 6.30. The highest BCUT2D eigenvalue weighted by Gasteiger charge is 2.42. The van der Waals surface area contributed by atoms with E-state index < -0.39 is 0 Å². The van der Waals surface area contributed by atoms with Gasteiger partial charge in [-0.25, -0.2) is 4.39 Å². The third-order valence-corrected chi connectivity index (χ3v) is 7.14. The van der Waals surface area contributed by atoms with Gasteiger partial charge >= 0.3 is 0 Å². The number of carbonyl (C=O) groups excluding carboxylic acids is 1. The van der Waals surface area contributed by atoms with Crippen LogP contribution in [-0.2, 0) is 4.79 Å². The molecule has 5 heteroatoms. The average Bonchev–Trinajstić information content (AvgIpc) is 3.27. The molecule has 2 fully saturated rings. The smallest absolute Gasteiger partial charge is 0.224 e. The third-order valence-electron chi connectivity index (χ3n) is 6.89. The zero-order chi connectivity index (χ0) is 20.7. The minimum atomic E-state index is -0.207. The van der Waals surface area contributed by atoms with Gasteiger partial charge in [0, 0.05) is 28.7 Å². The summed E-state index contributed by atoms with van der Waals surface area (Å²) < 4.78 is 13.8. The molecule has 1 unspecified atom stereocenters. The second kappa shape index (κ2) is 7.99. The summed E-state index contributed by atoms with van der Waals surface area (Å²) in [5.41, 5.74) is 2.88. The van der Waals surface area contributed by atoms with Gasteiger partial charge in [-0.15, -0.1) is 0 Å². The van der Waals surface area contributed by atoms with Gasteiger partial charge in [0.05, 0.1) is 5.52 Å². The predicted molar refractivity (Wildman–Crippen MR) is 118 cm³/mol. The van der Waals surface area contributed by atoms with Gasteiger partial charge in [-0.1, -0.05) is 11.6 Å². The molecular weight excluding hydrogens is 399 g/mol. The van der Waals surface area contributed by atoms with Gasteiger partial charge in [0.2, 0.25) is 5.91 Å². The largest absolute Gasteiger partial charge is 0.326 e. The highest BCUT2D eigenvalue weighted by Crippen LogP contribution is 2.53. The molecule has 0 spiro atoms. The first-order valence-electron chi connectivity index (χ1n) is 10.6. The molecule has 1 aromatic heterocycles. The molecule has 0 radical (unpaired) electrons. The summed E-state index contributed by atoms with van der Waals surface area (Å²) in [6, 6.07) is 14.1. The molecule has 154 valence electrons. The van der Waals surface area contributed by atoms with Crippen LogP contribution >= 0.6 is 11.6 Å². The Kier molecular flexibility index (Phi) is 5.20. The first-order valence-corrected chi connectivity index (χ1v) is 11.0. The minimum Gasteiger partial charge on any atom is -0.326 e. The Labute approximate surface area is 180 Å². The molecular formula is C25H24ClFN2O. The van der Waals surface area contributed by atoms with Crippen molar-refractivity contribution in [3.63, 3.8) is 0 Å². The lowest BCUT2D eigenvalue weighted by atomic mass is 9.89. The van der Waals surface area contributed by atoms with Crippen molar-refractivity contribution >= 4 is 34.1 Å². The standard InChI is InChI=1S/C25H24ClFN2O/c26-19-1-4-21(5-2-19)29-25(30)11-15-9-16-12-18(13-17(16)10-15)22-7-8-28-24-6-3-20(27)14-23(22)24/h1-8,14-18H,9-13H2,(H,29,30)/t15-,16+,17-,18?. The van der Waals surface area contributed by atoms with Gasteiger partial charge in [-0.2, -0.15) is 0 Å². The van der Waals surface area contributed by atoms with Crippen LogP contribution in [-0.4, -0.2) is 10.9 Å². The van der Waals surface area contributed by atoms with E-state index >= 15 is 0 Å². The van der Waals surface area contributed by atoms with E-state index in [9.17, 15) is 9.18 Å². The van der Waals surface area contributed by atoms with E-state index in [2.05, 4.69) is 16.4 Å². The lowest BCUT2D eigenvalue weighted by Crippen LogP contribution is -2.15. The summed E-state index contributed by atoms with van der Waals surface area (Å²) in [7, 11) is 0. The van der Waals surface area contributed by atoms with E-state index in [0.29, 0.717) is 35.1 Å². The zero-order valence-electron chi connectivity index (χ0n) is 16.7. The lowest BCUT2D eigenvalue weighted by Gasteiger charge is -2.17. The number of aromatic nitrogens is 1. The molecule has 5 rings (SSSR count). The maximum atomic E-state index is 13.8. The molecule has 2 aromatic carbocycles. The van der Waals surface area contributed by atoms with Crippen molar-refractivity contribution in [3.8, 4) is 0 Å². The van der Waals surface area contributed by atoms with Gasteiger partial charge in [-0.3, -0.25) is 9.78 Å². The van der Waals surface area contributed by atoms with E-state index in [1.807, 2.05) is 18.3 Å². The Morgan fingerprint density at radius 3 is 2.50 bits per heavy atom. The van der Waals surface area contributed by atoms with E-state index in [1.165, 1.54) is 11.6 Å². The number of rotatable bonds is 4. The summed E-state index contributed by atoms with van der Waals surface area (Å²) in [6.45, 7) is 0. The fraction of sp³-hybridized carbons (Fsp3) is 0.360. The first kappa shape index (κ1) is 19.5. The SMILES string of the molecule is O=C(C[C@@H]1C[C@H]2CC(c3ccnc4ccc(F)cc34)C[C@H]2C1)Nc1ccc(Cl)cc1. The summed E-state index contributed by atoms with van der Waals surface area (Å²) in [6.07, 6.45) is 6.86. The number of hydrogen-bond acceptors (Lipinski definition) is 2. The van der Waals surface area contributed by atoms with Gasteiger partial charge in [0.25, 0.3) is 0 Å². The van der Waals surface area contributed by atoms with E-state index in [-0.39, 0.29) is 11.7 Å². The average molecular weight is 423 g/mol. The van der Waals surface area contributed by atoms with Crippen LogP contribution in [0.1, 0.15) is 43.6 Å². The molecule has 1 amide bonds. The number of hydrogen-bond donors (Lipinski definition) is 1. The number of benzene rings is 2. The molecule has 2 saturated carbocycles. The quantitative estimate of drug-likeness (QED) is 0.516. The summed E-state index contributed by atoms with van der Waals surface area (Å²) in [4.78, 5) is 16.8. The normalized spacial score (nSPS) is 25.4. The van der Waals surface area contributed by atoms with Crippen LogP contribution in [0.15, 0.2) is 54.7 Å². The van der Waals surface area contributed by atoms with Gasteiger partial charge in [0.1, 0.15) is 5.82 Å². The molecule has 0 aliphatic heterocycles. The van der Waals surface area contributed by atoms with E-state index in [0.717, 1.165) is 42.3 Å². The monoisotopic (exact) mass is 422 g/mol. The van der Waals surface area contributed by atoms with E-state index in [1.54, 1.807) is 24.3 Å². The number of fused-ring (bicyclic) bond motifs is 2. The topological polar surface area (TPSA) is 42.0 Å². The molecule has 3 nitrogen and oxygen atoms in total. The maximum absolute atomic E-state index is 13.8. The van der Waals surface area contributed by atoms with Crippen molar-refractivity contribution in [1.82, 2.24) is 4.98 Å². The summed E-state index contributed by atoms with van der Waals surface area (Å²) in [5, 5.41) is 4.59. The van der Waals surface area contributed by atoms with Gasteiger partial charge < -0.3 is 5.32 Å². The molecule has 1 heterocycles. The maximum Gasteiger partial charge on any atom is 0.224 e. The van der Waals surface area contributed by atoms with Gasteiger partial charge in [-0.05, 0) is 103 Å².